The average Bonchev–Trinajstić information content (AvgIpc) is 2.46. The maximum absolute atomic E-state index is 11.9. The maximum Gasteiger partial charge on any atom is 0.292 e. The second-order valence-electron chi connectivity index (χ2n) is 4.54. The minimum atomic E-state index is -0.549. The van der Waals surface area contributed by atoms with E-state index in [1.807, 2.05) is 19.1 Å². The Morgan fingerprint density at radius 1 is 1.32 bits per heavy atom. The van der Waals surface area contributed by atoms with E-state index >= 15 is 0 Å². The smallest absolute Gasteiger partial charge is 0.292 e. The van der Waals surface area contributed by atoms with Crippen LogP contribution < -0.4 is 10.1 Å². The lowest BCUT2D eigenvalue weighted by Crippen LogP contribution is -2.20. The first-order chi connectivity index (χ1) is 10.5. The lowest BCUT2D eigenvalue weighted by atomic mass is 10.2. The van der Waals surface area contributed by atoms with Gasteiger partial charge in [-0.25, -0.2) is 0 Å². The van der Waals surface area contributed by atoms with Crippen LogP contribution in [-0.2, 0) is 4.79 Å². The number of aryl methyl sites for hydroxylation is 1. The van der Waals surface area contributed by atoms with E-state index in [9.17, 15) is 14.9 Å². The van der Waals surface area contributed by atoms with Crippen LogP contribution in [0.15, 0.2) is 46.9 Å². The van der Waals surface area contributed by atoms with Gasteiger partial charge in [0.2, 0.25) is 0 Å². The number of carbonyl (C=O) groups is 1. The number of para-hydroxylation sites is 2. The van der Waals surface area contributed by atoms with Gasteiger partial charge in [-0.2, -0.15) is 0 Å². The van der Waals surface area contributed by atoms with Crippen molar-refractivity contribution < 1.29 is 14.5 Å². The van der Waals surface area contributed by atoms with E-state index in [-0.39, 0.29) is 18.0 Å². The average molecular weight is 365 g/mol. The summed E-state index contributed by atoms with van der Waals surface area (Å²) in [6, 6.07) is 11.4. The predicted octanol–water partition coefficient (Wildman–Crippen LogP) is 3.68. The summed E-state index contributed by atoms with van der Waals surface area (Å²) < 4.78 is 6.14. The monoisotopic (exact) mass is 364 g/mol. The van der Waals surface area contributed by atoms with Crippen molar-refractivity contribution in [1.82, 2.24) is 0 Å². The molecule has 0 atom stereocenters. The number of hydrogen-bond acceptors (Lipinski definition) is 4. The molecule has 0 bridgehead atoms. The molecule has 22 heavy (non-hydrogen) atoms. The molecule has 2 rings (SSSR count). The van der Waals surface area contributed by atoms with Crippen LogP contribution in [0.3, 0.4) is 0 Å². The number of nitrogens with zero attached hydrogens (tertiary/aromatic N) is 1. The molecule has 1 N–H and O–H groups in total. The van der Waals surface area contributed by atoms with Crippen molar-refractivity contribution in [2.75, 3.05) is 11.9 Å². The zero-order chi connectivity index (χ0) is 16.1. The van der Waals surface area contributed by atoms with Gasteiger partial charge in [-0.3, -0.25) is 14.9 Å². The number of rotatable bonds is 5. The number of anilines is 1. The number of nitro groups is 1. The second-order valence-corrected chi connectivity index (χ2v) is 5.40. The summed E-state index contributed by atoms with van der Waals surface area (Å²) in [5.74, 6) is 0.0603. The van der Waals surface area contributed by atoms with Crippen molar-refractivity contribution >= 4 is 33.2 Å². The van der Waals surface area contributed by atoms with Crippen molar-refractivity contribution in [2.45, 2.75) is 6.92 Å². The number of nitro benzene ring substituents is 1. The minimum Gasteiger partial charge on any atom is -0.483 e. The molecule has 0 saturated carbocycles. The zero-order valence-electron chi connectivity index (χ0n) is 11.7. The van der Waals surface area contributed by atoms with E-state index in [4.69, 9.17) is 4.74 Å². The fourth-order valence-corrected chi connectivity index (χ4v) is 2.40. The highest BCUT2D eigenvalue weighted by atomic mass is 79.9. The maximum atomic E-state index is 11.9. The first-order valence-corrected chi connectivity index (χ1v) is 7.19. The number of halogens is 1. The Kier molecular flexibility index (Phi) is 5.11. The van der Waals surface area contributed by atoms with Crippen molar-refractivity contribution in [3.05, 3.63) is 62.6 Å². The molecule has 0 heterocycles. The van der Waals surface area contributed by atoms with E-state index in [1.54, 1.807) is 12.1 Å². The molecule has 114 valence electrons. The minimum absolute atomic E-state index is 0.143. The molecule has 0 spiro atoms. The van der Waals surface area contributed by atoms with E-state index in [0.717, 1.165) is 10.0 Å². The number of hydrogen-bond donors (Lipinski definition) is 1. The quantitative estimate of drug-likeness (QED) is 0.647. The van der Waals surface area contributed by atoms with Gasteiger partial charge in [-0.05, 0) is 46.6 Å². The van der Waals surface area contributed by atoms with Crippen LogP contribution in [0.1, 0.15) is 5.56 Å². The van der Waals surface area contributed by atoms with Crippen LogP contribution in [0.25, 0.3) is 0 Å². The highest BCUT2D eigenvalue weighted by molar-refractivity contribution is 9.10. The third-order valence-electron chi connectivity index (χ3n) is 2.82. The molecule has 7 heteroatoms. The van der Waals surface area contributed by atoms with Gasteiger partial charge in [0.15, 0.2) is 6.61 Å². The Morgan fingerprint density at radius 3 is 2.73 bits per heavy atom. The summed E-state index contributed by atoms with van der Waals surface area (Å²) in [5.41, 5.74) is 1.04. The number of benzene rings is 2. The molecule has 0 aliphatic carbocycles. The van der Waals surface area contributed by atoms with Crippen LogP contribution in [0.5, 0.6) is 5.75 Å². The highest BCUT2D eigenvalue weighted by Crippen LogP contribution is 2.26. The molecule has 0 radical (unpaired) electrons. The van der Waals surface area contributed by atoms with Crippen LogP contribution in [0.4, 0.5) is 11.4 Å². The van der Waals surface area contributed by atoms with Crippen molar-refractivity contribution in [2.24, 2.45) is 0 Å². The summed E-state index contributed by atoms with van der Waals surface area (Å²) in [6.07, 6.45) is 0. The molecule has 6 nitrogen and oxygen atoms in total. The molecule has 0 aliphatic heterocycles. The fourth-order valence-electron chi connectivity index (χ4n) is 1.79. The van der Waals surface area contributed by atoms with E-state index < -0.39 is 10.8 Å². The molecule has 0 aliphatic rings. The zero-order valence-corrected chi connectivity index (χ0v) is 13.3. The standard InChI is InChI=1S/C15H13BrN2O4/c1-10-6-7-14(11(16)8-10)22-9-15(19)17-12-4-2-3-5-13(12)18(20)21/h2-8H,9H2,1H3,(H,17,19). The van der Waals surface area contributed by atoms with E-state index in [2.05, 4.69) is 21.2 Å². The second kappa shape index (κ2) is 7.04. The summed E-state index contributed by atoms with van der Waals surface area (Å²) in [6.45, 7) is 1.70. The molecule has 0 aromatic heterocycles. The SMILES string of the molecule is Cc1ccc(OCC(=O)Nc2ccccc2[N+](=O)[O-])c(Br)c1. The predicted molar refractivity (Wildman–Crippen MR) is 86.1 cm³/mol. The third-order valence-corrected chi connectivity index (χ3v) is 3.44. The van der Waals surface area contributed by atoms with Gasteiger partial charge >= 0.3 is 0 Å². The van der Waals surface area contributed by atoms with Gasteiger partial charge in [-0.1, -0.05) is 18.2 Å². The summed E-state index contributed by atoms with van der Waals surface area (Å²) in [7, 11) is 0. The Hall–Kier alpha value is -2.41. The largest absolute Gasteiger partial charge is 0.483 e. The lowest BCUT2D eigenvalue weighted by Gasteiger charge is -2.09. The molecule has 0 unspecified atom stereocenters. The summed E-state index contributed by atoms with van der Waals surface area (Å²) in [4.78, 5) is 22.2. The molecule has 2 aromatic carbocycles. The van der Waals surface area contributed by atoms with Gasteiger partial charge in [0.25, 0.3) is 11.6 Å². The fraction of sp³-hybridized carbons (Fsp3) is 0.133. The van der Waals surface area contributed by atoms with Gasteiger partial charge in [0.05, 0.1) is 9.40 Å². The molecular formula is C15H13BrN2O4. The number of carbonyl (C=O) groups excluding carboxylic acids is 1. The Labute approximate surface area is 135 Å². The molecular weight excluding hydrogens is 352 g/mol. The van der Waals surface area contributed by atoms with Crippen LogP contribution in [0, 0.1) is 17.0 Å². The highest BCUT2D eigenvalue weighted by Gasteiger charge is 2.15. The molecule has 2 aromatic rings. The molecule has 0 saturated heterocycles. The lowest BCUT2D eigenvalue weighted by molar-refractivity contribution is -0.383. The first kappa shape index (κ1) is 16.0. The number of ether oxygens (including phenoxy) is 1. The van der Waals surface area contributed by atoms with Crippen LogP contribution >= 0.6 is 15.9 Å². The summed E-state index contributed by atoms with van der Waals surface area (Å²) >= 11 is 3.35. The Morgan fingerprint density at radius 2 is 2.05 bits per heavy atom. The molecule has 1 amide bonds. The van der Waals surface area contributed by atoms with Crippen LogP contribution in [-0.4, -0.2) is 17.4 Å². The number of amides is 1. The third kappa shape index (κ3) is 4.05. The normalized spacial score (nSPS) is 10.1. The van der Waals surface area contributed by atoms with Gasteiger partial charge < -0.3 is 10.1 Å². The van der Waals surface area contributed by atoms with Gasteiger partial charge in [-0.15, -0.1) is 0 Å². The van der Waals surface area contributed by atoms with Crippen molar-refractivity contribution in [1.29, 1.82) is 0 Å². The summed E-state index contributed by atoms with van der Waals surface area (Å²) in [5, 5.41) is 13.3. The van der Waals surface area contributed by atoms with Gasteiger partial charge in [0, 0.05) is 6.07 Å². The Bertz CT molecular complexity index is 718. The van der Waals surface area contributed by atoms with Gasteiger partial charge in [0.1, 0.15) is 11.4 Å². The molecule has 0 fully saturated rings. The van der Waals surface area contributed by atoms with Crippen molar-refractivity contribution in [3.63, 3.8) is 0 Å². The number of nitrogens with one attached hydrogen (secondary N) is 1. The van der Waals surface area contributed by atoms with E-state index in [0.29, 0.717) is 5.75 Å². The van der Waals surface area contributed by atoms with E-state index in [1.165, 1.54) is 18.2 Å². The first-order valence-electron chi connectivity index (χ1n) is 6.39. The Balaban J connectivity index is 2.00. The van der Waals surface area contributed by atoms with Crippen LogP contribution in [0.2, 0.25) is 0 Å². The topological polar surface area (TPSA) is 81.5 Å². The van der Waals surface area contributed by atoms with Crippen molar-refractivity contribution in [3.8, 4) is 5.75 Å².